The standard InChI is InChI=1S/C12H22N4O3/c1-4-16(5-2)11(18)8-15(3)12(19)9-6-14-10(17)7-13-9/h9,13H,4-8H2,1-3H3,(H,14,17). The number of carbonyl (C=O) groups is 3. The summed E-state index contributed by atoms with van der Waals surface area (Å²) in [5, 5.41) is 5.47. The Kier molecular flexibility index (Phi) is 5.75. The van der Waals surface area contributed by atoms with E-state index in [0.29, 0.717) is 13.1 Å². The van der Waals surface area contributed by atoms with E-state index < -0.39 is 6.04 Å². The van der Waals surface area contributed by atoms with Gasteiger partial charge >= 0.3 is 0 Å². The molecular weight excluding hydrogens is 248 g/mol. The predicted octanol–water partition coefficient (Wildman–Crippen LogP) is -1.60. The lowest BCUT2D eigenvalue weighted by molar-refractivity contribution is -0.141. The average molecular weight is 270 g/mol. The number of carbonyl (C=O) groups excluding carboxylic acids is 3. The van der Waals surface area contributed by atoms with Crippen molar-refractivity contribution in [3.63, 3.8) is 0 Å². The van der Waals surface area contributed by atoms with Gasteiger partial charge in [-0.2, -0.15) is 0 Å². The van der Waals surface area contributed by atoms with Crippen LogP contribution in [0.1, 0.15) is 13.8 Å². The van der Waals surface area contributed by atoms with Crippen LogP contribution < -0.4 is 10.6 Å². The molecule has 0 radical (unpaired) electrons. The second kappa shape index (κ2) is 7.08. The first-order chi connectivity index (χ1) is 8.99. The Hall–Kier alpha value is -1.63. The van der Waals surface area contributed by atoms with Crippen LogP contribution in [-0.2, 0) is 14.4 Å². The lowest BCUT2D eigenvalue weighted by atomic mass is 10.2. The van der Waals surface area contributed by atoms with E-state index in [0.717, 1.165) is 0 Å². The van der Waals surface area contributed by atoms with Crippen LogP contribution in [0, 0.1) is 0 Å². The van der Waals surface area contributed by atoms with Crippen molar-refractivity contribution in [3.05, 3.63) is 0 Å². The minimum Gasteiger partial charge on any atom is -0.353 e. The summed E-state index contributed by atoms with van der Waals surface area (Å²) in [6, 6.07) is -0.452. The van der Waals surface area contributed by atoms with Gasteiger partial charge in [-0.1, -0.05) is 0 Å². The Morgan fingerprint density at radius 2 is 1.95 bits per heavy atom. The lowest BCUT2D eigenvalue weighted by Gasteiger charge is -2.28. The zero-order valence-corrected chi connectivity index (χ0v) is 11.7. The molecule has 1 unspecified atom stereocenters. The highest BCUT2D eigenvalue weighted by Gasteiger charge is 2.27. The quantitative estimate of drug-likeness (QED) is 0.630. The van der Waals surface area contributed by atoms with E-state index in [9.17, 15) is 14.4 Å². The van der Waals surface area contributed by atoms with Crippen LogP contribution in [0.2, 0.25) is 0 Å². The molecule has 0 aliphatic carbocycles. The van der Waals surface area contributed by atoms with Crippen LogP contribution >= 0.6 is 0 Å². The van der Waals surface area contributed by atoms with Crippen molar-refractivity contribution in [1.29, 1.82) is 0 Å². The second-order valence-electron chi connectivity index (χ2n) is 4.50. The van der Waals surface area contributed by atoms with Gasteiger partial charge in [-0.05, 0) is 13.8 Å². The highest BCUT2D eigenvalue weighted by Crippen LogP contribution is 1.98. The molecule has 0 spiro atoms. The second-order valence-corrected chi connectivity index (χ2v) is 4.50. The van der Waals surface area contributed by atoms with Crippen molar-refractivity contribution in [2.24, 2.45) is 0 Å². The molecule has 1 aliphatic heterocycles. The van der Waals surface area contributed by atoms with Gasteiger partial charge in [0.1, 0.15) is 6.04 Å². The maximum Gasteiger partial charge on any atom is 0.242 e. The summed E-state index contributed by atoms with van der Waals surface area (Å²) in [7, 11) is 1.60. The molecule has 0 aromatic carbocycles. The summed E-state index contributed by atoms with van der Waals surface area (Å²) in [4.78, 5) is 38.0. The zero-order chi connectivity index (χ0) is 14.4. The third kappa shape index (κ3) is 4.20. The number of likely N-dealkylation sites (N-methyl/N-ethyl adjacent to an activating group) is 2. The van der Waals surface area contributed by atoms with Crippen molar-refractivity contribution >= 4 is 17.7 Å². The topological polar surface area (TPSA) is 81.8 Å². The first-order valence-electron chi connectivity index (χ1n) is 6.52. The molecule has 0 aromatic heterocycles. The molecule has 108 valence electrons. The fourth-order valence-electron chi connectivity index (χ4n) is 1.96. The predicted molar refractivity (Wildman–Crippen MR) is 70.4 cm³/mol. The number of nitrogens with one attached hydrogen (secondary N) is 2. The van der Waals surface area contributed by atoms with E-state index in [-0.39, 0.29) is 37.4 Å². The number of piperazine rings is 1. The first kappa shape index (κ1) is 15.4. The van der Waals surface area contributed by atoms with Gasteiger partial charge in [0.25, 0.3) is 0 Å². The summed E-state index contributed by atoms with van der Waals surface area (Å²) in [5.74, 6) is -0.368. The summed E-state index contributed by atoms with van der Waals surface area (Å²) in [5.41, 5.74) is 0. The first-order valence-corrected chi connectivity index (χ1v) is 6.52. The summed E-state index contributed by atoms with van der Waals surface area (Å²) in [6.45, 7) is 5.54. The molecule has 1 aliphatic rings. The number of hydrogen-bond acceptors (Lipinski definition) is 4. The van der Waals surface area contributed by atoms with Gasteiger partial charge in [0.15, 0.2) is 0 Å². The average Bonchev–Trinajstić information content (AvgIpc) is 2.40. The van der Waals surface area contributed by atoms with Crippen molar-refractivity contribution in [2.45, 2.75) is 19.9 Å². The highest BCUT2D eigenvalue weighted by atomic mass is 16.2. The van der Waals surface area contributed by atoms with E-state index in [2.05, 4.69) is 10.6 Å². The minimum atomic E-state index is -0.452. The SMILES string of the molecule is CCN(CC)C(=O)CN(C)C(=O)C1CNC(=O)CN1. The molecular formula is C12H22N4O3. The summed E-state index contributed by atoms with van der Waals surface area (Å²) >= 11 is 0. The van der Waals surface area contributed by atoms with Crippen LogP contribution in [-0.4, -0.2) is 73.3 Å². The molecule has 1 heterocycles. The Morgan fingerprint density at radius 1 is 1.32 bits per heavy atom. The molecule has 0 aromatic rings. The normalized spacial score (nSPS) is 18.7. The van der Waals surface area contributed by atoms with Gasteiger partial charge in [0.2, 0.25) is 17.7 Å². The molecule has 19 heavy (non-hydrogen) atoms. The third-order valence-corrected chi connectivity index (χ3v) is 3.18. The van der Waals surface area contributed by atoms with Crippen LogP contribution in [0.25, 0.3) is 0 Å². The summed E-state index contributed by atoms with van der Waals surface area (Å²) < 4.78 is 0. The van der Waals surface area contributed by atoms with Crippen LogP contribution in [0.15, 0.2) is 0 Å². The van der Waals surface area contributed by atoms with Crippen molar-refractivity contribution in [1.82, 2.24) is 20.4 Å². The number of nitrogens with zero attached hydrogens (tertiary/aromatic N) is 2. The van der Waals surface area contributed by atoms with Crippen molar-refractivity contribution < 1.29 is 14.4 Å². The maximum atomic E-state index is 12.1. The molecule has 0 bridgehead atoms. The monoisotopic (exact) mass is 270 g/mol. The molecule has 1 fully saturated rings. The lowest BCUT2D eigenvalue weighted by Crippen LogP contribution is -2.58. The Morgan fingerprint density at radius 3 is 2.42 bits per heavy atom. The van der Waals surface area contributed by atoms with Crippen LogP contribution in [0.5, 0.6) is 0 Å². The molecule has 7 nitrogen and oxygen atoms in total. The smallest absolute Gasteiger partial charge is 0.242 e. The Labute approximate surface area is 113 Å². The maximum absolute atomic E-state index is 12.1. The molecule has 0 saturated carbocycles. The fraction of sp³-hybridized carbons (Fsp3) is 0.750. The van der Waals surface area contributed by atoms with Gasteiger partial charge in [-0.25, -0.2) is 0 Å². The number of rotatable bonds is 5. The minimum absolute atomic E-state index is 0.0621. The fourth-order valence-corrected chi connectivity index (χ4v) is 1.96. The molecule has 3 amide bonds. The van der Waals surface area contributed by atoms with Crippen molar-refractivity contribution in [2.75, 3.05) is 39.8 Å². The van der Waals surface area contributed by atoms with Crippen LogP contribution in [0.4, 0.5) is 0 Å². The number of hydrogen-bond donors (Lipinski definition) is 2. The molecule has 1 atom stereocenters. The number of amides is 3. The Bertz CT molecular complexity index is 345. The largest absolute Gasteiger partial charge is 0.353 e. The molecule has 7 heteroatoms. The van der Waals surface area contributed by atoms with E-state index >= 15 is 0 Å². The van der Waals surface area contributed by atoms with Gasteiger partial charge in [0, 0.05) is 26.7 Å². The molecule has 1 rings (SSSR count). The van der Waals surface area contributed by atoms with E-state index in [1.165, 1.54) is 4.90 Å². The van der Waals surface area contributed by atoms with Gasteiger partial charge in [0.05, 0.1) is 13.1 Å². The zero-order valence-electron chi connectivity index (χ0n) is 11.7. The van der Waals surface area contributed by atoms with Gasteiger partial charge in [-0.3, -0.25) is 19.7 Å². The third-order valence-electron chi connectivity index (χ3n) is 3.18. The van der Waals surface area contributed by atoms with Crippen molar-refractivity contribution in [3.8, 4) is 0 Å². The molecule has 2 N–H and O–H groups in total. The van der Waals surface area contributed by atoms with E-state index in [4.69, 9.17) is 0 Å². The highest BCUT2D eigenvalue weighted by molar-refractivity contribution is 5.89. The summed E-state index contributed by atoms with van der Waals surface area (Å²) in [6.07, 6.45) is 0. The van der Waals surface area contributed by atoms with E-state index in [1.807, 2.05) is 13.8 Å². The van der Waals surface area contributed by atoms with Gasteiger partial charge in [-0.15, -0.1) is 0 Å². The molecule has 1 saturated heterocycles. The van der Waals surface area contributed by atoms with Crippen LogP contribution in [0.3, 0.4) is 0 Å². The van der Waals surface area contributed by atoms with E-state index in [1.54, 1.807) is 11.9 Å². The van der Waals surface area contributed by atoms with Gasteiger partial charge < -0.3 is 15.1 Å². The Balaban J connectivity index is 2.48.